The van der Waals surface area contributed by atoms with E-state index in [0.29, 0.717) is 24.0 Å². The van der Waals surface area contributed by atoms with Crippen molar-refractivity contribution in [1.29, 1.82) is 0 Å². The Labute approximate surface area is 125 Å². The summed E-state index contributed by atoms with van der Waals surface area (Å²) in [4.78, 5) is 7.00. The zero-order valence-electron chi connectivity index (χ0n) is 12.0. The summed E-state index contributed by atoms with van der Waals surface area (Å²) in [5.74, 6) is 0.433. The van der Waals surface area contributed by atoms with Crippen LogP contribution in [0.1, 0.15) is 36.1 Å². The van der Waals surface area contributed by atoms with Gasteiger partial charge in [-0.1, -0.05) is 24.3 Å². The fourth-order valence-electron chi connectivity index (χ4n) is 4.50. The Morgan fingerprint density at radius 3 is 2.95 bits per heavy atom. The summed E-state index contributed by atoms with van der Waals surface area (Å²) < 4.78 is 2.57. The van der Waals surface area contributed by atoms with E-state index in [9.17, 15) is 0 Å². The average Bonchev–Trinajstić information content (AvgIpc) is 2.94. The molecule has 3 heteroatoms. The molecule has 5 rings (SSSR count). The topological polar surface area (TPSA) is 20.5 Å². The molecule has 4 unspecified atom stereocenters. The first kappa shape index (κ1) is 11.6. The number of aliphatic imine (C=N–C) groups is 1. The number of nitrogens with zero attached hydrogens (tertiary/aromatic N) is 3. The Morgan fingerprint density at radius 1 is 1.10 bits per heavy atom. The lowest BCUT2D eigenvalue weighted by Crippen LogP contribution is -2.45. The van der Waals surface area contributed by atoms with Gasteiger partial charge in [-0.2, -0.15) is 0 Å². The van der Waals surface area contributed by atoms with Crippen LogP contribution in [0.5, 0.6) is 0 Å². The molecule has 1 aromatic heterocycles. The van der Waals surface area contributed by atoms with Gasteiger partial charge in [-0.05, 0) is 30.9 Å². The van der Waals surface area contributed by atoms with Gasteiger partial charge in [0.2, 0.25) is 0 Å². The minimum atomic E-state index is 0.362. The van der Waals surface area contributed by atoms with Gasteiger partial charge in [0.1, 0.15) is 0 Å². The lowest BCUT2D eigenvalue weighted by atomic mass is 9.87. The Kier molecular flexibility index (Phi) is 2.34. The van der Waals surface area contributed by atoms with Crippen molar-refractivity contribution in [3.8, 4) is 0 Å². The van der Waals surface area contributed by atoms with E-state index >= 15 is 0 Å². The molecular formula is C18H19N3. The summed E-state index contributed by atoms with van der Waals surface area (Å²) in [6.45, 7) is 0. The van der Waals surface area contributed by atoms with E-state index in [1.807, 2.05) is 6.20 Å². The summed E-state index contributed by atoms with van der Waals surface area (Å²) in [6.07, 6.45) is 21.4. The second kappa shape index (κ2) is 4.23. The second-order valence-electron chi connectivity index (χ2n) is 6.40. The zero-order chi connectivity index (χ0) is 13.8. The van der Waals surface area contributed by atoms with Crippen LogP contribution in [0.4, 0.5) is 0 Å². The predicted molar refractivity (Wildman–Crippen MR) is 84.5 cm³/mol. The molecule has 2 aliphatic heterocycles. The lowest BCUT2D eigenvalue weighted by molar-refractivity contribution is 0.188. The van der Waals surface area contributed by atoms with Crippen LogP contribution in [0.3, 0.4) is 0 Å². The maximum atomic E-state index is 4.44. The van der Waals surface area contributed by atoms with Crippen molar-refractivity contribution in [3.63, 3.8) is 0 Å². The molecule has 4 aliphatic rings. The largest absolute Gasteiger partial charge is 0.362 e. The summed E-state index contributed by atoms with van der Waals surface area (Å²) >= 11 is 0. The van der Waals surface area contributed by atoms with Crippen LogP contribution in [-0.2, 0) is 6.42 Å². The van der Waals surface area contributed by atoms with E-state index in [-0.39, 0.29) is 0 Å². The standard InChI is InChI=1S/C18H19N3/c1-2-7-16-15(6-1)20-11-9-19-12-17(20)14-5-3-4-13-8-10-21(16)18(13)14/h1-3,5,8-12,14-17H,4,6-7H2. The molecule has 0 saturated heterocycles. The van der Waals surface area contributed by atoms with Crippen molar-refractivity contribution in [1.82, 2.24) is 9.47 Å². The predicted octanol–water partition coefficient (Wildman–Crippen LogP) is 3.18. The van der Waals surface area contributed by atoms with Gasteiger partial charge in [-0.3, -0.25) is 4.99 Å². The van der Waals surface area contributed by atoms with Crippen molar-refractivity contribution in [2.24, 2.45) is 4.99 Å². The molecule has 3 heterocycles. The van der Waals surface area contributed by atoms with Crippen molar-refractivity contribution in [2.75, 3.05) is 0 Å². The summed E-state index contributed by atoms with van der Waals surface area (Å²) in [6, 6.07) is 3.78. The first-order chi connectivity index (χ1) is 10.4. The van der Waals surface area contributed by atoms with E-state index < -0.39 is 0 Å². The third-order valence-electron chi connectivity index (χ3n) is 5.42. The van der Waals surface area contributed by atoms with Gasteiger partial charge in [-0.25, -0.2) is 0 Å². The summed E-state index contributed by atoms with van der Waals surface area (Å²) in [7, 11) is 0. The quantitative estimate of drug-likeness (QED) is 0.667. The normalized spacial score (nSPS) is 35.1. The molecule has 0 spiro atoms. The van der Waals surface area contributed by atoms with E-state index in [2.05, 4.69) is 63.4 Å². The van der Waals surface area contributed by atoms with Crippen LogP contribution in [0.2, 0.25) is 0 Å². The van der Waals surface area contributed by atoms with Gasteiger partial charge >= 0.3 is 0 Å². The first-order valence-electron chi connectivity index (χ1n) is 7.92. The highest BCUT2D eigenvalue weighted by Gasteiger charge is 2.41. The third kappa shape index (κ3) is 1.52. The van der Waals surface area contributed by atoms with Crippen LogP contribution < -0.4 is 0 Å². The summed E-state index contributed by atoms with van der Waals surface area (Å²) in [5, 5.41) is 0. The average molecular weight is 277 g/mol. The Morgan fingerprint density at radius 2 is 2.00 bits per heavy atom. The smallest absolute Gasteiger partial charge is 0.0761 e. The van der Waals surface area contributed by atoms with E-state index in [1.165, 1.54) is 11.3 Å². The molecule has 2 aliphatic carbocycles. The molecule has 0 N–H and O–H groups in total. The van der Waals surface area contributed by atoms with Crippen molar-refractivity contribution in [3.05, 3.63) is 60.2 Å². The molecule has 0 saturated carbocycles. The Bertz CT molecular complexity index is 691. The minimum Gasteiger partial charge on any atom is -0.362 e. The first-order valence-corrected chi connectivity index (χ1v) is 7.92. The fraction of sp³-hybridized carbons (Fsp3) is 0.389. The maximum absolute atomic E-state index is 4.44. The molecule has 0 fully saturated rings. The van der Waals surface area contributed by atoms with Crippen LogP contribution in [0.15, 0.2) is 54.0 Å². The van der Waals surface area contributed by atoms with E-state index in [1.54, 1.807) is 0 Å². The molecule has 0 bridgehead atoms. The van der Waals surface area contributed by atoms with Gasteiger partial charge in [0, 0.05) is 36.4 Å². The molecule has 4 atom stereocenters. The van der Waals surface area contributed by atoms with Crippen LogP contribution in [0.25, 0.3) is 0 Å². The number of hydrogen-bond donors (Lipinski definition) is 0. The van der Waals surface area contributed by atoms with Crippen LogP contribution in [0, 0.1) is 0 Å². The molecule has 0 radical (unpaired) electrons. The second-order valence-corrected chi connectivity index (χ2v) is 6.40. The van der Waals surface area contributed by atoms with Gasteiger partial charge in [0.05, 0.1) is 18.1 Å². The number of rotatable bonds is 0. The molecule has 1 aromatic rings. The molecule has 106 valence electrons. The SMILES string of the molecule is C1=CC2c3c(ccn3C3CC=CCC3N3C=CN=CC23)C1. The minimum absolute atomic E-state index is 0.362. The van der Waals surface area contributed by atoms with Gasteiger partial charge < -0.3 is 9.47 Å². The zero-order valence-corrected chi connectivity index (χ0v) is 12.0. The molecule has 3 nitrogen and oxygen atoms in total. The molecule has 0 amide bonds. The Balaban J connectivity index is 1.74. The molecular weight excluding hydrogens is 258 g/mol. The molecule has 21 heavy (non-hydrogen) atoms. The highest BCUT2D eigenvalue weighted by Crippen LogP contribution is 2.43. The van der Waals surface area contributed by atoms with Gasteiger partial charge in [-0.15, -0.1) is 0 Å². The highest BCUT2D eigenvalue weighted by molar-refractivity contribution is 5.70. The van der Waals surface area contributed by atoms with Crippen LogP contribution >= 0.6 is 0 Å². The van der Waals surface area contributed by atoms with E-state index in [0.717, 1.165) is 19.3 Å². The molecule has 0 aromatic carbocycles. The van der Waals surface area contributed by atoms with Gasteiger partial charge in [0.15, 0.2) is 0 Å². The highest BCUT2D eigenvalue weighted by atomic mass is 15.3. The van der Waals surface area contributed by atoms with Gasteiger partial charge in [0.25, 0.3) is 0 Å². The van der Waals surface area contributed by atoms with Crippen molar-refractivity contribution >= 4 is 6.21 Å². The fourth-order valence-corrected chi connectivity index (χ4v) is 4.50. The number of allylic oxidation sites excluding steroid dienone is 2. The van der Waals surface area contributed by atoms with Crippen LogP contribution in [-0.4, -0.2) is 27.8 Å². The monoisotopic (exact) mass is 277 g/mol. The van der Waals surface area contributed by atoms with Crippen molar-refractivity contribution in [2.45, 2.75) is 43.3 Å². The lowest BCUT2D eigenvalue weighted by Gasteiger charge is -2.40. The van der Waals surface area contributed by atoms with E-state index in [4.69, 9.17) is 0 Å². The number of fused-ring (bicyclic) bond motifs is 5. The Hall–Kier alpha value is -2.03. The number of aromatic nitrogens is 1. The van der Waals surface area contributed by atoms with Crippen molar-refractivity contribution < 1.29 is 0 Å². The third-order valence-corrected chi connectivity index (χ3v) is 5.42. The summed E-state index contributed by atoms with van der Waals surface area (Å²) in [5.41, 5.74) is 3.03. The number of hydrogen-bond acceptors (Lipinski definition) is 2. The maximum Gasteiger partial charge on any atom is 0.0761 e.